The van der Waals surface area contributed by atoms with Gasteiger partial charge in [-0.3, -0.25) is 14.1 Å². The van der Waals surface area contributed by atoms with Crippen molar-refractivity contribution in [2.24, 2.45) is 0 Å². The first-order chi connectivity index (χ1) is 15.6. The molecule has 7 heteroatoms. The van der Waals surface area contributed by atoms with E-state index in [0.717, 1.165) is 57.6 Å². The Bertz CT molecular complexity index is 1040. The van der Waals surface area contributed by atoms with Crippen molar-refractivity contribution >= 4 is 11.6 Å². The van der Waals surface area contributed by atoms with E-state index < -0.39 is 0 Å². The Hall–Kier alpha value is -2.93. The highest BCUT2D eigenvalue weighted by molar-refractivity contribution is 5.97. The first kappa shape index (κ1) is 22.3. The normalized spacial score (nSPS) is 15.2. The summed E-state index contributed by atoms with van der Waals surface area (Å²) in [5, 5.41) is 0. The number of benzene rings is 1. The molecule has 7 nitrogen and oxygen atoms in total. The van der Waals surface area contributed by atoms with E-state index in [0.29, 0.717) is 17.3 Å². The lowest BCUT2D eigenvalue weighted by molar-refractivity contribution is 0.0790. The Labute approximate surface area is 190 Å². The molecule has 2 aromatic heterocycles. The van der Waals surface area contributed by atoms with E-state index in [9.17, 15) is 4.79 Å². The van der Waals surface area contributed by atoms with Gasteiger partial charge in [0.1, 0.15) is 12.1 Å². The molecule has 0 radical (unpaired) electrons. The molecule has 0 aliphatic carbocycles. The van der Waals surface area contributed by atoms with Crippen LogP contribution in [0.5, 0.6) is 5.75 Å². The summed E-state index contributed by atoms with van der Waals surface area (Å²) < 4.78 is 7.27. The third-order valence-electron chi connectivity index (χ3n) is 6.43. The van der Waals surface area contributed by atoms with Crippen molar-refractivity contribution in [1.29, 1.82) is 0 Å². The Morgan fingerprint density at radius 2 is 1.91 bits per heavy atom. The van der Waals surface area contributed by atoms with Crippen molar-refractivity contribution in [2.75, 3.05) is 33.8 Å². The molecule has 1 aliphatic heterocycles. The van der Waals surface area contributed by atoms with Crippen LogP contribution in [0.4, 0.5) is 0 Å². The van der Waals surface area contributed by atoms with Crippen LogP contribution in [0.15, 0.2) is 42.9 Å². The van der Waals surface area contributed by atoms with Gasteiger partial charge in [-0.05, 0) is 56.1 Å². The van der Waals surface area contributed by atoms with E-state index >= 15 is 0 Å². The van der Waals surface area contributed by atoms with Crippen molar-refractivity contribution < 1.29 is 9.53 Å². The van der Waals surface area contributed by atoms with Crippen LogP contribution >= 0.6 is 0 Å². The van der Waals surface area contributed by atoms with Gasteiger partial charge in [-0.2, -0.15) is 0 Å². The summed E-state index contributed by atoms with van der Waals surface area (Å²) in [5.41, 5.74) is 3.61. The van der Waals surface area contributed by atoms with Crippen LogP contribution in [0.1, 0.15) is 60.3 Å². The molecule has 0 bridgehead atoms. The Balaban J connectivity index is 1.43. The van der Waals surface area contributed by atoms with Crippen LogP contribution in [-0.4, -0.2) is 63.9 Å². The van der Waals surface area contributed by atoms with Crippen LogP contribution in [0.3, 0.4) is 0 Å². The quantitative estimate of drug-likeness (QED) is 0.535. The van der Waals surface area contributed by atoms with Crippen LogP contribution < -0.4 is 4.74 Å². The van der Waals surface area contributed by atoms with E-state index in [4.69, 9.17) is 4.74 Å². The van der Waals surface area contributed by atoms with Crippen LogP contribution in [0.25, 0.3) is 5.65 Å². The SMILES string of the molecule is CCCCN(C)C(=O)c1ncn2c(C3CCN(Cc4ccc(OC)cc4)CC3)ccnc12. The number of carbonyl (C=O) groups is 1. The number of rotatable bonds is 8. The summed E-state index contributed by atoms with van der Waals surface area (Å²) >= 11 is 0. The van der Waals surface area contributed by atoms with Gasteiger partial charge in [0.15, 0.2) is 11.3 Å². The Morgan fingerprint density at radius 3 is 2.59 bits per heavy atom. The molecule has 0 atom stereocenters. The summed E-state index contributed by atoms with van der Waals surface area (Å²) in [5.74, 6) is 1.27. The molecule has 1 aromatic carbocycles. The highest BCUT2D eigenvalue weighted by atomic mass is 16.5. The zero-order valence-corrected chi connectivity index (χ0v) is 19.3. The number of unbranched alkanes of at least 4 members (excludes halogenated alkanes) is 1. The molecule has 0 saturated carbocycles. The number of amides is 1. The third-order valence-corrected chi connectivity index (χ3v) is 6.43. The van der Waals surface area contributed by atoms with E-state index in [1.807, 2.05) is 29.8 Å². The van der Waals surface area contributed by atoms with Crippen LogP contribution in [-0.2, 0) is 6.54 Å². The molecule has 170 valence electrons. The molecule has 1 aliphatic rings. The summed E-state index contributed by atoms with van der Waals surface area (Å²) in [4.78, 5) is 26.1. The molecule has 32 heavy (non-hydrogen) atoms. The van der Waals surface area contributed by atoms with Gasteiger partial charge < -0.3 is 9.64 Å². The molecule has 1 amide bonds. The standard InChI is InChI=1S/C25H33N5O2/c1-4-5-14-28(2)25(31)23-24-26-13-10-22(30(24)18-27-23)20-11-15-29(16-12-20)17-19-6-8-21(32-3)9-7-19/h6-10,13,18,20H,4-5,11-12,14-17H2,1-3H3. The largest absolute Gasteiger partial charge is 0.497 e. The number of hydrogen-bond acceptors (Lipinski definition) is 5. The lowest BCUT2D eigenvalue weighted by Crippen LogP contribution is -2.33. The van der Waals surface area contributed by atoms with Gasteiger partial charge in [0.05, 0.1) is 7.11 Å². The average Bonchev–Trinajstić information content (AvgIpc) is 3.27. The second-order valence-electron chi connectivity index (χ2n) is 8.64. The Morgan fingerprint density at radius 1 is 1.16 bits per heavy atom. The minimum Gasteiger partial charge on any atom is -0.497 e. The number of aromatic nitrogens is 3. The first-order valence-electron chi connectivity index (χ1n) is 11.5. The van der Waals surface area contributed by atoms with Crippen LogP contribution in [0, 0.1) is 0 Å². The number of methoxy groups -OCH3 is 1. The molecule has 3 aromatic rings. The maximum Gasteiger partial charge on any atom is 0.276 e. The number of likely N-dealkylation sites (tertiary alicyclic amines) is 1. The highest BCUT2D eigenvalue weighted by Gasteiger charge is 2.25. The first-order valence-corrected chi connectivity index (χ1v) is 11.5. The number of ether oxygens (including phenoxy) is 1. The summed E-state index contributed by atoms with van der Waals surface area (Å²) in [7, 11) is 3.53. The summed E-state index contributed by atoms with van der Waals surface area (Å²) in [6, 6.07) is 10.4. The molecule has 0 N–H and O–H groups in total. The zero-order valence-electron chi connectivity index (χ0n) is 19.3. The van der Waals surface area contributed by atoms with Crippen molar-refractivity contribution in [2.45, 2.75) is 45.1 Å². The third kappa shape index (κ3) is 4.78. The lowest BCUT2D eigenvalue weighted by atomic mass is 9.93. The molecular formula is C25H33N5O2. The molecular weight excluding hydrogens is 402 g/mol. The van der Waals surface area contributed by atoms with Gasteiger partial charge in [-0.1, -0.05) is 25.5 Å². The topological polar surface area (TPSA) is 63.0 Å². The van der Waals surface area contributed by atoms with Gasteiger partial charge in [0.2, 0.25) is 0 Å². The molecule has 1 fully saturated rings. The monoisotopic (exact) mass is 435 g/mol. The van der Waals surface area contributed by atoms with Crippen molar-refractivity contribution in [3.63, 3.8) is 0 Å². The van der Waals surface area contributed by atoms with E-state index in [1.165, 1.54) is 11.3 Å². The smallest absolute Gasteiger partial charge is 0.276 e. The van der Waals surface area contributed by atoms with Gasteiger partial charge in [0, 0.05) is 37.9 Å². The maximum absolute atomic E-state index is 12.9. The van der Waals surface area contributed by atoms with Crippen LogP contribution in [0.2, 0.25) is 0 Å². The maximum atomic E-state index is 12.9. The second kappa shape index (κ2) is 10.1. The van der Waals surface area contributed by atoms with E-state index in [2.05, 4.69) is 40.0 Å². The fraction of sp³-hybridized carbons (Fsp3) is 0.480. The van der Waals surface area contributed by atoms with Crippen molar-refractivity contribution in [1.82, 2.24) is 24.2 Å². The number of imidazole rings is 1. The summed E-state index contributed by atoms with van der Waals surface area (Å²) in [6.45, 7) is 5.90. The average molecular weight is 436 g/mol. The minimum absolute atomic E-state index is 0.0556. The van der Waals surface area contributed by atoms with E-state index in [1.54, 1.807) is 18.3 Å². The molecule has 0 unspecified atom stereocenters. The van der Waals surface area contributed by atoms with E-state index in [-0.39, 0.29) is 5.91 Å². The number of hydrogen-bond donors (Lipinski definition) is 0. The number of nitrogens with zero attached hydrogens (tertiary/aromatic N) is 5. The van der Waals surface area contributed by atoms with Crippen molar-refractivity contribution in [3.05, 3.63) is 59.8 Å². The van der Waals surface area contributed by atoms with Gasteiger partial charge in [0.25, 0.3) is 5.91 Å². The summed E-state index contributed by atoms with van der Waals surface area (Å²) in [6.07, 6.45) is 7.78. The second-order valence-corrected chi connectivity index (χ2v) is 8.64. The zero-order chi connectivity index (χ0) is 22.5. The number of piperidine rings is 1. The fourth-order valence-electron chi connectivity index (χ4n) is 4.46. The lowest BCUT2D eigenvalue weighted by Gasteiger charge is -2.32. The van der Waals surface area contributed by atoms with Gasteiger partial charge >= 0.3 is 0 Å². The fourth-order valence-corrected chi connectivity index (χ4v) is 4.46. The molecule has 3 heterocycles. The Kier molecular flexibility index (Phi) is 7.05. The van der Waals surface area contributed by atoms with Gasteiger partial charge in [-0.15, -0.1) is 0 Å². The number of fused-ring (bicyclic) bond motifs is 1. The van der Waals surface area contributed by atoms with Gasteiger partial charge in [-0.25, -0.2) is 9.97 Å². The van der Waals surface area contributed by atoms with Crippen molar-refractivity contribution in [3.8, 4) is 5.75 Å². The number of carbonyl (C=O) groups excluding carboxylic acids is 1. The molecule has 4 rings (SSSR count). The molecule has 1 saturated heterocycles. The minimum atomic E-state index is -0.0556. The highest BCUT2D eigenvalue weighted by Crippen LogP contribution is 2.29. The predicted octanol–water partition coefficient (Wildman–Crippen LogP) is 3.99. The molecule has 0 spiro atoms. The predicted molar refractivity (Wildman–Crippen MR) is 125 cm³/mol.